The average molecular weight is 543 g/mol. The number of amides is 1. The van der Waals surface area contributed by atoms with Gasteiger partial charge in [-0.15, -0.1) is 6.54 Å². The molecule has 0 aliphatic heterocycles. The van der Waals surface area contributed by atoms with E-state index in [0.29, 0.717) is 26.4 Å². The molecule has 0 bridgehead atoms. The minimum absolute atomic E-state index is 0. The van der Waals surface area contributed by atoms with Crippen molar-refractivity contribution >= 4 is 12.1 Å². The minimum Gasteiger partial charge on any atom is -0.467 e. The van der Waals surface area contributed by atoms with Crippen LogP contribution in [-0.2, 0) is 23.7 Å². The number of hydrogen-bond acceptors (Lipinski definition) is 6. The van der Waals surface area contributed by atoms with Gasteiger partial charge in [0.2, 0.25) is 0 Å². The smallest absolute Gasteiger partial charge is 0.467 e. The summed E-state index contributed by atoms with van der Waals surface area (Å²) in [5.41, 5.74) is -0.417. The molecule has 0 fully saturated rings. The number of rotatable bonds is 7. The zero-order valence-electron chi connectivity index (χ0n) is 13.9. The fourth-order valence-electron chi connectivity index (χ4n) is 0.851. The number of ether oxygens (including phenoxy) is 4. The van der Waals surface area contributed by atoms with E-state index in [4.69, 9.17) is 14.2 Å². The summed E-state index contributed by atoms with van der Waals surface area (Å²) < 4.78 is 18.9. The van der Waals surface area contributed by atoms with Gasteiger partial charge < -0.3 is 38.1 Å². The van der Waals surface area contributed by atoms with Crippen molar-refractivity contribution in [3.05, 3.63) is 13.8 Å². The van der Waals surface area contributed by atoms with Gasteiger partial charge in [0.05, 0.1) is 20.3 Å². The maximum Gasteiger partial charge on any atom is 2.00 e. The molecule has 0 aromatic rings. The van der Waals surface area contributed by atoms with Gasteiger partial charge in [-0.1, -0.05) is 6.61 Å². The molecule has 7 nitrogen and oxygen atoms in total. The van der Waals surface area contributed by atoms with Crippen molar-refractivity contribution in [3.63, 3.8) is 0 Å². The Morgan fingerprint density at radius 3 is 2.05 bits per heavy atom. The number of carbonyl (C=O) groups is 2. The molecule has 0 aliphatic rings. The number of hydrogen-bond donors (Lipinski definition) is 1. The van der Waals surface area contributed by atoms with Crippen LogP contribution in [0.15, 0.2) is 0 Å². The molecule has 22 heavy (non-hydrogen) atoms. The monoisotopic (exact) mass is 543 g/mol. The zero-order chi connectivity index (χ0) is 16.7. The molecule has 0 rings (SSSR count). The molecule has 0 saturated carbocycles. The summed E-state index contributed by atoms with van der Waals surface area (Å²) in [7, 11) is 1.32. The summed E-state index contributed by atoms with van der Waals surface area (Å²) in [6.07, 6.45) is -0.414. The molecule has 1 N–H and O–H groups in total. The van der Waals surface area contributed by atoms with Crippen LogP contribution >= 0.6 is 0 Å². The number of alkyl carbamates (subject to hydrolysis) is 1. The Balaban J connectivity index is -0.000000315. The van der Waals surface area contributed by atoms with Gasteiger partial charge in [-0.05, 0) is 20.8 Å². The minimum atomic E-state index is -0.417. The molecular weight excluding hydrogens is 516 g/mol. The second kappa shape index (κ2) is 17.1. The molecule has 8 heteroatoms. The van der Waals surface area contributed by atoms with Crippen LogP contribution in [0.2, 0.25) is 0 Å². The molecule has 0 aromatic heterocycles. The fraction of sp³-hybridized carbons (Fsp3) is 0.714. The van der Waals surface area contributed by atoms with Crippen LogP contribution in [0.1, 0.15) is 20.8 Å². The third-order valence-corrected chi connectivity index (χ3v) is 1.63. The van der Waals surface area contributed by atoms with Gasteiger partial charge in [0, 0.05) is 0 Å². The van der Waals surface area contributed by atoms with Crippen LogP contribution in [0.5, 0.6) is 0 Å². The first kappa shape index (κ1) is 26.6. The Hall–Kier alpha value is -0.288. The predicted molar refractivity (Wildman–Crippen MR) is 78.6 cm³/mol. The first-order chi connectivity index (χ1) is 9.76. The molecule has 0 aromatic carbocycles. The van der Waals surface area contributed by atoms with Crippen molar-refractivity contribution in [2.24, 2.45) is 0 Å². The summed E-state index contributed by atoms with van der Waals surface area (Å²) in [6.45, 7) is 14.0. The van der Waals surface area contributed by atoms with Crippen molar-refractivity contribution < 1.29 is 59.6 Å². The Morgan fingerprint density at radius 2 is 1.64 bits per heavy atom. The van der Waals surface area contributed by atoms with Gasteiger partial charge in [-0.25, -0.2) is 9.59 Å². The van der Waals surface area contributed by atoms with E-state index in [1.165, 1.54) is 7.11 Å². The summed E-state index contributed by atoms with van der Waals surface area (Å²) in [4.78, 5) is 21.1. The quantitative estimate of drug-likeness (QED) is 0.297. The standard InChI is InChI=1S/C7H14NO2.C7H13O4.U/c1-5-8-6(9)10-7(2,3)4;1-3-10-4-5-11-6-7(8)9-2;/h1,5H2,2-4H3,(H,8,9);1,3-6H2,2H3;/q2*-1;+2. The Kier molecular flexibility index (Phi) is 20.6. The van der Waals surface area contributed by atoms with E-state index in [2.05, 4.69) is 23.9 Å². The Morgan fingerprint density at radius 1 is 1.09 bits per heavy atom. The van der Waals surface area contributed by atoms with Crippen LogP contribution in [0.4, 0.5) is 4.79 Å². The Labute approximate surface area is 157 Å². The number of methoxy groups -OCH3 is 1. The second-order valence-corrected chi connectivity index (χ2v) is 4.67. The van der Waals surface area contributed by atoms with Gasteiger partial charge >= 0.3 is 43.2 Å². The summed E-state index contributed by atoms with van der Waals surface area (Å²) in [5, 5.41) is 2.43. The van der Waals surface area contributed by atoms with E-state index in [0.717, 1.165) is 0 Å². The molecule has 0 atom stereocenters. The first-order valence-corrected chi connectivity index (χ1v) is 6.54. The normalized spacial score (nSPS) is 9.73. The van der Waals surface area contributed by atoms with Gasteiger partial charge in [0.15, 0.2) is 0 Å². The van der Waals surface area contributed by atoms with Crippen molar-refractivity contribution in [1.29, 1.82) is 0 Å². The topological polar surface area (TPSA) is 83.1 Å². The molecule has 0 spiro atoms. The second-order valence-electron chi connectivity index (χ2n) is 4.67. The maximum absolute atomic E-state index is 10.7. The van der Waals surface area contributed by atoms with Crippen LogP contribution < -0.4 is 5.32 Å². The molecule has 0 aliphatic carbocycles. The molecule has 128 valence electrons. The van der Waals surface area contributed by atoms with Crippen LogP contribution in [0.3, 0.4) is 0 Å². The van der Waals surface area contributed by atoms with E-state index < -0.39 is 11.7 Å². The van der Waals surface area contributed by atoms with Crippen LogP contribution in [0.25, 0.3) is 0 Å². The van der Waals surface area contributed by atoms with Gasteiger partial charge in [-0.3, -0.25) is 0 Å². The van der Waals surface area contributed by atoms with Crippen LogP contribution in [-0.4, -0.2) is 57.7 Å². The van der Waals surface area contributed by atoms with Crippen molar-refractivity contribution in [1.82, 2.24) is 5.32 Å². The molecule has 1 amide bonds. The number of carbonyl (C=O) groups excluding carboxylic acids is 2. The van der Waals surface area contributed by atoms with Gasteiger partial charge in [0.1, 0.15) is 12.2 Å². The summed E-state index contributed by atoms with van der Waals surface area (Å²) >= 11 is 0. The largest absolute Gasteiger partial charge is 2.00 e. The number of esters is 1. The third-order valence-electron chi connectivity index (χ3n) is 1.63. The van der Waals surface area contributed by atoms with Crippen molar-refractivity contribution in [2.45, 2.75) is 26.4 Å². The Bertz CT molecular complexity index is 281. The van der Waals surface area contributed by atoms with E-state index in [-0.39, 0.29) is 43.7 Å². The fourth-order valence-corrected chi connectivity index (χ4v) is 0.851. The molecular formula is C14H27NO6U. The van der Waals surface area contributed by atoms with Crippen LogP contribution in [0, 0.1) is 45.0 Å². The zero-order valence-corrected chi connectivity index (χ0v) is 18.1. The van der Waals surface area contributed by atoms with E-state index in [9.17, 15) is 9.59 Å². The molecule has 0 radical (unpaired) electrons. The maximum atomic E-state index is 10.7. The predicted octanol–water partition coefficient (Wildman–Crippen LogP) is 1.37. The van der Waals surface area contributed by atoms with E-state index in [1.54, 1.807) is 0 Å². The van der Waals surface area contributed by atoms with Gasteiger partial charge in [0.25, 0.3) is 0 Å². The SMILES string of the molecule is [CH2-]CNC(=O)OC(C)(C)C.[CH2-]COCCOCC(=O)OC.[U+2]. The summed E-state index contributed by atoms with van der Waals surface area (Å²) in [5.74, 6) is -0.375. The molecule has 0 saturated heterocycles. The third kappa shape index (κ3) is 24.7. The summed E-state index contributed by atoms with van der Waals surface area (Å²) in [6, 6.07) is 0. The number of nitrogens with one attached hydrogen (secondary N) is 1. The van der Waals surface area contributed by atoms with Crippen molar-refractivity contribution in [2.75, 3.05) is 40.1 Å². The van der Waals surface area contributed by atoms with Crippen molar-refractivity contribution in [3.8, 4) is 0 Å². The van der Waals surface area contributed by atoms with E-state index >= 15 is 0 Å². The first-order valence-electron chi connectivity index (χ1n) is 6.54. The average Bonchev–Trinajstić information content (AvgIpc) is 2.37. The molecule has 0 heterocycles. The van der Waals surface area contributed by atoms with E-state index in [1.807, 2.05) is 20.8 Å². The van der Waals surface area contributed by atoms with Gasteiger partial charge in [-0.2, -0.15) is 0 Å². The molecule has 0 unspecified atom stereocenters.